The number of carbonyl (C=O) groups excluding carboxylic acids is 1. The Balaban J connectivity index is 1.65. The third kappa shape index (κ3) is 3.54. The number of benzene rings is 2. The summed E-state index contributed by atoms with van der Waals surface area (Å²) in [6.45, 7) is 1.04. The van der Waals surface area contributed by atoms with E-state index in [1.165, 1.54) is 0 Å². The van der Waals surface area contributed by atoms with Gasteiger partial charge in [0, 0.05) is 12.1 Å². The number of ether oxygens (including phenoxy) is 1. The van der Waals surface area contributed by atoms with E-state index < -0.39 is 0 Å². The Morgan fingerprint density at radius 3 is 2.61 bits per heavy atom. The van der Waals surface area contributed by atoms with Crippen LogP contribution in [0.25, 0.3) is 0 Å². The van der Waals surface area contributed by atoms with E-state index in [1.54, 1.807) is 0 Å². The lowest BCUT2D eigenvalue weighted by molar-refractivity contribution is 0.0921. The average Bonchev–Trinajstić information content (AvgIpc) is 3.10. The van der Waals surface area contributed by atoms with Crippen LogP contribution in [0.5, 0.6) is 0 Å². The van der Waals surface area contributed by atoms with E-state index >= 15 is 0 Å². The summed E-state index contributed by atoms with van der Waals surface area (Å²) < 4.78 is 5.46. The molecule has 0 aromatic heterocycles. The van der Waals surface area contributed by atoms with Crippen LogP contribution in [0.1, 0.15) is 35.6 Å². The van der Waals surface area contributed by atoms with Crippen LogP contribution in [0, 0.1) is 12.3 Å². The van der Waals surface area contributed by atoms with Crippen molar-refractivity contribution in [3.8, 4) is 12.3 Å². The molecule has 1 unspecified atom stereocenters. The first-order valence-electron chi connectivity index (χ1n) is 7.82. The molecule has 3 heteroatoms. The fraction of sp³-hybridized carbons (Fsp3) is 0.250. The average molecular weight is 305 g/mol. The maximum absolute atomic E-state index is 12.4. The summed E-state index contributed by atoms with van der Waals surface area (Å²) in [5.74, 6) is 2.61. The summed E-state index contributed by atoms with van der Waals surface area (Å²) >= 11 is 0. The van der Waals surface area contributed by atoms with Crippen molar-refractivity contribution >= 4 is 6.09 Å². The molecule has 116 valence electrons. The summed E-state index contributed by atoms with van der Waals surface area (Å²) in [5, 5.41) is 0. The third-order valence-electron chi connectivity index (χ3n) is 4.15. The zero-order valence-electron chi connectivity index (χ0n) is 12.9. The van der Waals surface area contributed by atoms with E-state index in [4.69, 9.17) is 11.2 Å². The van der Waals surface area contributed by atoms with E-state index in [0.717, 1.165) is 36.1 Å². The fourth-order valence-corrected chi connectivity index (χ4v) is 2.94. The molecule has 1 heterocycles. The molecule has 2 aromatic carbocycles. The largest absolute Gasteiger partial charge is 0.445 e. The summed E-state index contributed by atoms with van der Waals surface area (Å²) in [6.07, 6.45) is 7.08. The summed E-state index contributed by atoms with van der Waals surface area (Å²) in [5.41, 5.74) is 2.96. The van der Waals surface area contributed by atoms with Gasteiger partial charge in [-0.05, 0) is 36.1 Å². The number of terminal acetylenes is 1. The highest BCUT2D eigenvalue weighted by molar-refractivity contribution is 5.68. The molecule has 23 heavy (non-hydrogen) atoms. The maximum Gasteiger partial charge on any atom is 0.410 e. The molecule has 1 fully saturated rings. The molecule has 2 aromatic rings. The number of likely N-dealkylation sites (tertiary alicyclic amines) is 1. The minimum absolute atomic E-state index is 0.0742. The van der Waals surface area contributed by atoms with Crippen LogP contribution in [0.4, 0.5) is 4.79 Å². The topological polar surface area (TPSA) is 29.5 Å². The highest BCUT2D eigenvalue weighted by Crippen LogP contribution is 2.32. The van der Waals surface area contributed by atoms with Gasteiger partial charge in [-0.25, -0.2) is 4.79 Å². The van der Waals surface area contributed by atoms with Gasteiger partial charge in [-0.2, -0.15) is 0 Å². The van der Waals surface area contributed by atoms with Gasteiger partial charge in [-0.3, -0.25) is 0 Å². The molecule has 0 spiro atoms. The quantitative estimate of drug-likeness (QED) is 0.798. The number of amides is 1. The molecule has 0 bridgehead atoms. The molecule has 0 saturated carbocycles. The Labute approximate surface area is 136 Å². The highest BCUT2D eigenvalue weighted by Gasteiger charge is 2.30. The molecule has 3 rings (SSSR count). The lowest BCUT2D eigenvalue weighted by Crippen LogP contribution is -2.31. The Bertz CT molecular complexity index is 701. The monoisotopic (exact) mass is 305 g/mol. The van der Waals surface area contributed by atoms with E-state index in [-0.39, 0.29) is 12.1 Å². The zero-order valence-corrected chi connectivity index (χ0v) is 12.9. The summed E-state index contributed by atoms with van der Waals surface area (Å²) in [4.78, 5) is 14.2. The predicted octanol–water partition coefficient (Wildman–Crippen LogP) is 4.14. The minimum Gasteiger partial charge on any atom is -0.445 e. The standard InChI is InChI=1S/C20H19NO2/c1-2-16-10-12-18(13-11-16)19-9-6-14-21(19)20(22)23-15-17-7-4-3-5-8-17/h1,3-5,7-8,10-13,19H,6,9,14-15H2. The lowest BCUT2D eigenvalue weighted by Gasteiger charge is -2.24. The Morgan fingerprint density at radius 2 is 1.91 bits per heavy atom. The van der Waals surface area contributed by atoms with Gasteiger partial charge in [0.05, 0.1) is 6.04 Å². The highest BCUT2D eigenvalue weighted by atomic mass is 16.6. The van der Waals surface area contributed by atoms with Crippen molar-refractivity contribution in [1.29, 1.82) is 0 Å². The Hall–Kier alpha value is -2.73. The first-order valence-corrected chi connectivity index (χ1v) is 7.82. The molecule has 1 aliphatic heterocycles. The zero-order chi connectivity index (χ0) is 16.1. The van der Waals surface area contributed by atoms with Gasteiger partial charge in [-0.1, -0.05) is 48.4 Å². The van der Waals surface area contributed by atoms with Crippen molar-refractivity contribution in [3.05, 3.63) is 71.3 Å². The van der Waals surface area contributed by atoms with Crippen molar-refractivity contribution in [2.24, 2.45) is 0 Å². The minimum atomic E-state index is -0.252. The van der Waals surface area contributed by atoms with Gasteiger partial charge in [0.1, 0.15) is 6.61 Å². The summed E-state index contributed by atoms with van der Waals surface area (Å²) in [6, 6.07) is 17.6. The molecule has 1 aliphatic rings. The maximum atomic E-state index is 12.4. The van der Waals surface area contributed by atoms with E-state index in [9.17, 15) is 4.79 Å². The molecule has 1 amide bonds. The van der Waals surface area contributed by atoms with Crippen molar-refractivity contribution in [1.82, 2.24) is 4.90 Å². The van der Waals surface area contributed by atoms with Crippen LogP contribution in [0.2, 0.25) is 0 Å². The number of rotatable bonds is 3. The Kier molecular flexibility index (Phi) is 4.63. The van der Waals surface area contributed by atoms with Crippen LogP contribution >= 0.6 is 0 Å². The second-order valence-corrected chi connectivity index (χ2v) is 5.66. The number of nitrogens with zero attached hydrogens (tertiary/aromatic N) is 1. The van der Waals surface area contributed by atoms with Gasteiger partial charge in [0.2, 0.25) is 0 Å². The van der Waals surface area contributed by atoms with Gasteiger partial charge in [-0.15, -0.1) is 6.42 Å². The van der Waals surface area contributed by atoms with E-state index in [0.29, 0.717) is 6.61 Å². The van der Waals surface area contributed by atoms with Gasteiger partial charge < -0.3 is 9.64 Å². The van der Waals surface area contributed by atoms with Gasteiger partial charge >= 0.3 is 6.09 Å². The SMILES string of the molecule is C#Cc1ccc(C2CCCN2C(=O)OCc2ccccc2)cc1. The number of carbonyl (C=O) groups is 1. The molecule has 0 radical (unpaired) electrons. The first-order chi connectivity index (χ1) is 11.3. The number of hydrogen-bond donors (Lipinski definition) is 0. The van der Waals surface area contributed by atoms with Crippen molar-refractivity contribution in [2.45, 2.75) is 25.5 Å². The molecule has 1 atom stereocenters. The summed E-state index contributed by atoms with van der Waals surface area (Å²) in [7, 11) is 0. The van der Waals surface area contributed by atoms with Crippen LogP contribution in [-0.2, 0) is 11.3 Å². The molecule has 0 aliphatic carbocycles. The van der Waals surface area contributed by atoms with E-state index in [1.807, 2.05) is 59.5 Å². The van der Waals surface area contributed by atoms with Crippen LogP contribution in [-0.4, -0.2) is 17.5 Å². The molecular formula is C20H19NO2. The van der Waals surface area contributed by atoms with Crippen LogP contribution < -0.4 is 0 Å². The van der Waals surface area contributed by atoms with Crippen molar-refractivity contribution in [3.63, 3.8) is 0 Å². The molecule has 0 N–H and O–H groups in total. The second kappa shape index (κ2) is 7.02. The van der Waals surface area contributed by atoms with Crippen LogP contribution in [0.3, 0.4) is 0 Å². The van der Waals surface area contributed by atoms with Crippen LogP contribution in [0.15, 0.2) is 54.6 Å². The molecule has 1 saturated heterocycles. The van der Waals surface area contributed by atoms with Crippen molar-refractivity contribution < 1.29 is 9.53 Å². The number of hydrogen-bond acceptors (Lipinski definition) is 2. The fourth-order valence-electron chi connectivity index (χ4n) is 2.94. The normalized spacial score (nSPS) is 16.8. The molecule has 3 nitrogen and oxygen atoms in total. The second-order valence-electron chi connectivity index (χ2n) is 5.66. The van der Waals surface area contributed by atoms with Gasteiger partial charge in [0.25, 0.3) is 0 Å². The van der Waals surface area contributed by atoms with E-state index in [2.05, 4.69) is 5.92 Å². The third-order valence-corrected chi connectivity index (χ3v) is 4.15. The predicted molar refractivity (Wildman–Crippen MR) is 89.7 cm³/mol. The first kappa shape index (κ1) is 15.2. The smallest absolute Gasteiger partial charge is 0.410 e. The van der Waals surface area contributed by atoms with Gasteiger partial charge in [0.15, 0.2) is 0 Å². The Morgan fingerprint density at radius 1 is 1.17 bits per heavy atom. The molecular weight excluding hydrogens is 286 g/mol. The lowest BCUT2D eigenvalue weighted by atomic mass is 10.0. The van der Waals surface area contributed by atoms with Crippen molar-refractivity contribution in [2.75, 3.05) is 6.54 Å².